The molecule has 4 atom stereocenters. The molecule has 3 nitrogen and oxygen atoms in total. The van der Waals surface area contributed by atoms with Crippen LogP contribution in [0.2, 0.25) is 0 Å². The van der Waals surface area contributed by atoms with Crippen molar-refractivity contribution in [3.8, 4) is 0 Å². The molecule has 0 aromatic rings. The SMILES string of the molecule is CCCCC1NC(C)N(C2CCCCCC2C)C1=O. The Bertz CT molecular complexity index is 305. The summed E-state index contributed by atoms with van der Waals surface area (Å²) in [5, 5.41) is 3.50. The molecule has 1 aliphatic carbocycles. The van der Waals surface area contributed by atoms with E-state index in [1.165, 1.54) is 38.5 Å². The molecule has 1 saturated heterocycles. The lowest BCUT2D eigenvalue weighted by Crippen LogP contribution is -2.46. The second kappa shape index (κ2) is 6.74. The Balaban J connectivity index is 2.03. The van der Waals surface area contributed by atoms with E-state index in [4.69, 9.17) is 0 Å². The minimum absolute atomic E-state index is 0.0744. The van der Waals surface area contributed by atoms with E-state index in [1.54, 1.807) is 0 Å². The third kappa shape index (κ3) is 3.31. The Kier molecular flexibility index (Phi) is 5.26. The summed E-state index contributed by atoms with van der Waals surface area (Å²) in [7, 11) is 0. The van der Waals surface area contributed by atoms with Crippen molar-refractivity contribution in [2.24, 2.45) is 5.92 Å². The number of nitrogens with zero attached hydrogens (tertiary/aromatic N) is 1. The molecule has 110 valence electrons. The number of carbonyl (C=O) groups excluding carboxylic acids is 1. The fourth-order valence-corrected chi connectivity index (χ4v) is 3.77. The highest BCUT2D eigenvalue weighted by Gasteiger charge is 2.41. The molecule has 0 aromatic heterocycles. The van der Waals surface area contributed by atoms with Gasteiger partial charge < -0.3 is 4.90 Å². The van der Waals surface area contributed by atoms with Crippen LogP contribution in [0.5, 0.6) is 0 Å². The van der Waals surface area contributed by atoms with Crippen LogP contribution >= 0.6 is 0 Å². The molecular weight excluding hydrogens is 236 g/mol. The lowest BCUT2D eigenvalue weighted by Gasteiger charge is -2.34. The van der Waals surface area contributed by atoms with Gasteiger partial charge in [-0.05, 0) is 32.1 Å². The molecular formula is C16H30N2O. The average Bonchev–Trinajstić information content (AvgIpc) is 2.55. The first-order valence-corrected chi connectivity index (χ1v) is 8.23. The molecule has 0 bridgehead atoms. The molecule has 3 heteroatoms. The molecule has 2 aliphatic rings. The Hall–Kier alpha value is -0.570. The van der Waals surface area contributed by atoms with Gasteiger partial charge in [-0.1, -0.05) is 46.0 Å². The van der Waals surface area contributed by atoms with Crippen LogP contribution in [0.4, 0.5) is 0 Å². The second-order valence-corrected chi connectivity index (χ2v) is 6.47. The number of hydrogen-bond acceptors (Lipinski definition) is 2. The predicted molar refractivity (Wildman–Crippen MR) is 78.8 cm³/mol. The highest BCUT2D eigenvalue weighted by molar-refractivity contribution is 5.84. The molecule has 1 amide bonds. The topological polar surface area (TPSA) is 32.3 Å². The van der Waals surface area contributed by atoms with E-state index in [0.29, 0.717) is 17.9 Å². The van der Waals surface area contributed by atoms with Gasteiger partial charge in [0.2, 0.25) is 5.91 Å². The van der Waals surface area contributed by atoms with Crippen LogP contribution < -0.4 is 5.32 Å². The van der Waals surface area contributed by atoms with Crippen LogP contribution in [0.15, 0.2) is 0 Å². The predicted octanol–water partition coefficient (Wildman–Crippen LogP) is 3.29. The maximum absolute atomic E-state index is 12.6. The van der Waals surface area contributed by atoms with Crippen LogP contribution in [0.1, 0.15) is 72.1 Å². The third-order valence-corrected chi connectivity index (χ3v) is 4.93. The van der Waals surface area contributed by atoms with E-state index in [1.807, 2.05) is 0 Å². The van der Waals surface area contributed by atoms with Crippen molar-refractivity contribution in [1.29, 1.82) is 0 Å². The van der Waals surface area contributed by atoms with Crippen molar-refractivity contribution in [3.63, 3.8) is 0 Å². The van der Waals surface area contributed by atoms with Crippen LogP contribution in [0.3, 0.4) is 0 Å². The molecule has 19 heavy (non-hydrogen) atoms. The molecule has 0 aromatic carbocycles. The number of carbonyl (C=O) groups is 1. The Labute approximate surface area is 118 Å². The average molecular weight is 266 g/mol. The summed E-state index contributed by atoms with van der Waals surface area (Å²) < 4.78 is 0. The van der Waals surface area contributed by atoms with E-state index < -0.39 is 0 Å². The summed E-state index contributed by atoms with van der Waals surface area (Å²) in [5.74, 6) is 1.01. The van der Waals surface area contributed by atoms with E-state index in [2.05, 4.69) is 31.0 Å². The van der Waals surface area contributed by atoms with Gasteiger partial charge in [0, 0.05) is 6.04 Å². The van der Waals surface area contributed by atoms with Crippen LogP contribution in [0, 0.1) is 5.92 Å². The fraction of sp³-hybridized carbons (Fsp3) is 0.938. The molecule has 1 N–H and O–H groups in total. The van der Waals surface area contributed by atoms with Gasteiger partial charge >= 0.3 is 0 Å². The molecule has 2 rings (SSSR count). The Morgan fingerprint density at radius 2 is 1.95 bits per heavy atom. The normalized spacial score (nSPS) is 36.6. The molecule has 1 heterocycles. The van der Waals surface area contributed by atoms with Gasteiger partial charge in [0.15, 0.2) is 0 Å². The lowest BCUT2D eigenvalue weighted by molar-refractivity contribution is -0.133. The summed E-state index contributed by atoms with van der Waals surface area (Å²) in [6.45, 7) is 6.67. The standard InChI is InChI=1S/C16H30N2O/c1-4-5-10-14-16(19)18(13(3)17-14)15-11-8-6-7-9-12(15)2/h12-15,17H,4-11H2,1-3H3. The number of nitrogens with one attached hydrogen (secondary N) is 1. The minimum atomic E-state index is 0.0744. The van der Waals surface area contributed by atoms with Crippen LogP contribution in [0.25, 0.3) is 0 Å². The fourth-order valence-electron chi connectivity index (χ4n) is 3.77. The van der Waals surface area contributed by atoms with Gasteiger partial charge in [-0.3, -0.25) is 10.1 Å². The summed E-state index contributed by atoms with van der Waals surface area (Å²) in [6.07, 6.45) is 9.96. The maximum Gasteiger partial charge on any atom is 0.241 e. The van der Waals surface area contributed by atoms with Crippen molar-refractivity contribution >= 4 is 5.91 Å². The van der Waals surface area contributed by atoms with Gasteiger partial charge in [-0.15, -0.1) is 0 Å². The summed E-state index contributed by atoms with van der Waals surface area (Å²) in [5.41, 5.74) is 0. The first-order valence-electron chi connectivity index (χ1n) is 8.23. The highest BCUT2D eigenvalue weighted by atomic mass is 16.2. The van der Waals surface area contributed by atoms with Gasteiger partial charge in [0.05, 0.1) is 12.2 Å². The Morgan fingerprint density at radius 3 is 2.68 bits per heavy atom. The van der Waals surface area contributed by atoms with Crippen molar-refractivity contribution < 1.29 is 4.79 Å². The smallest absolute Gasteiger partial charge is 0.241 e. The second-order valence-electron chi connectivity index (χ2n) is 6.47. The number of hydrogen-bond donors (Lipinski definition) is 1. The summed E-state index contributed by atoms with van der Waals surface area (Å²) in [6, 6.07) is 0.537. The van der Waals surface area contributed by atoms with Gasteiger partial charge in [0.25, 0.3) is 0 Å². The molecule has 1 saturated carbocycles. The van der Waals surface area contributed by atoms with Gasteiger partial charge in [-0.25, -0.2) is 0 Å². The van der Waals surface area contributed by atoms with E-state index >= 15 is 0 Å². The number of amides is 1. The van der Waals surface area contributed by atoms with E-state index in [-0.39, 0.29) is 12.2 Å². The maximum atomic E-state index is 12.6. The first kappa shape index (κ1) is 14.8. The minimum Gasteiger partial charge on any atom is -0.323 e. The highest BCUT2D eigenvalue weighted by Crippen LogP contribution is 2.31. The molecule has 0 spiro atoms. The first-order chi connectivity index (χ1) is 9.15. The zero-order valence-electron chi connectivity index (χ0n) is 12.8. The lowest BCUT2D eigenvalue weighted by atomic mass is 9.95. The van der Waals surface area contributed by atoms with Crippen molar-refractivity contribution in [2.75, 3.05) is 0 Å². The number of unbranched alkanes of at least 4 members (excludes halogenated alkanes) is 1. The summed E-state index contributed by atoms with van der Waals surface area (Å²) in [4.78, 5) is 14.8. The largest absolute Gasteiger partial charge is 0.323 e. The molecule has 0 radical (unpaired) electrons. The van der Waals surface area contributed by atoms with E-state index in [0.717, 1.165) is 12.8 Å². The van der Waals surface area contributed by atoms with E-state index in [9.17, 15) is 4.79 Å². The zero-order valence-corrected chi connectivity index (χ0v) is 12.8. The molecule has 2 fully saturated rings. The van der Waals surface area contributed by atoms with Crippen molar-refractivity contribution in [2.45, 2.75) is 90.4 Å². The monoisotopic (exact) mass is 266 g/mol. The van der Waals surface area contributed by atoms with Crippen molar-refractivity contribution in [3.05, 3.63) is 0 Å². The van der Waals surface area contributed by atoms with Gasteiger partial charge in [-0.2, -0.15) is 0 Å². The van der Waals surface area contributed by atoms with Crippen LogP contribution in [-0.4, -0.2) is 29.1 Å². The number of rotatable bonds is 4. The Morgan fingerprint density at radius 1 is 1.21 bits per heavy atom. The summed E-state index contributed by atoms with van der Waals surface area (Å²) >= 11 is 0. The van der Waals surface area contributed by atoms with Crippen molar-refractivity contribution in [1.82, 2.24) is 10.2 Å². The van der Waals surface area contributed by atoms with Crippen LogP contribution in [-0.2, 0) is 4.79 Å². The third-order valence-electron chi connectivity index (χ3n) is 4.93. The zero-order chi connectivity index (χ0) is 13.8. The van der Waals surface area contributed by atoms with Gasteiger partial charge in [0.1, 0.15) is 0 Å². The molecule has 4 unspecified atom stereocenters. The quantitative estimate of drug-likeness (QED) is 0.792. The molecule has 1 aliphatic heterocycles.